The summed E-state index contributed by atoms with van der Waals surface area (Å²) in [6.45, 7) is 10.2. The number of nitrogens with zero attached hydrogens (tertiary/aromatic N) is 7. The molecule has 0 aliphatic carbocycles. The summed E-state index contributed by atoms with van der Waals surface area (Å²) in [6.07, 6.45) is 0.607. The molecule has 17 nitrogen and oxygen atoms in total. The second-order valence-corrected chi connectivity index (χ2v) is 12.0. The van der Waals surface area contributed by atoms with E-state index in [2.05, 4.69) is 0 Å². The van der Waals surface area contributed by atoms with Gasteiger partial charge in [-0.2, -0.15) is 0 Å². The van der Waals surface area contributed by atoms with E-state index in [1.807, 2.05) is 41.5 Å². The second-order valence-electron chi connectivity index (χ2n) is 12.0. The van der Waals surface area contributed by atoms with Gasteiger partial charge in [0.25, 0.3) is 0 Å². The highest BCUT2D eigenvalue weighted by Gasteiger charge is 2.77. The summed E-state index contributed by atoms with van der Waals surface area (Å²) in [7, 11) is 2.97. The van der Waals surface area contributed by atoms with E-state index in [4.69, 9.17) is 18.9 Å². The summed E-state index contributed by atoms with van der Waals surface area (Å²) in [6, 6.07) is -0.688. The van der Waals surface area contributed by atoms with Crippen molar-refractivity contribution in [3.05, 3.63) is 31.5 Å². The molecule has 262 valence electrons. The first-order valence-corrected chi connectivity index (χ1v) is 15.8. The number of aromatic nitrogens is 3. The van der Waals surface area contributed by atoms with Gasteiger partial charge in [-0.3, -0.25) is 19.6 Å². The molecule has 3 rings (SSSR count). The number of aliphatic hydroxyl groups is 1. The lowest BCUT2D eigenvalue weighted by molar-refractivity contribution is -0.129. The molecule has 3 heterocycles. The average molecular weight is 658 g/mol. The standard InChI is InChI=1S/C29H51N7O10/c1-9-28-29(10-2,35(19-44-8)27(42)34(28)18-43-7)36(26(41)33(28)17-21(3)4)20-45-15-12-31-23(38)30(11-14-37)24(39)32(25(31)40)13-16-46-22(5)6/h21-22,37H,9-20H2,1-8H3. The van der Waals surface area contributed by atoms with Crippen LogP contribution in [-0.4, -0.2) is 129 Å². The van der Waals surface area contributed by atoms with E-state index in [9.17, 15) is 29.1 Å². The molecular weight excluding hydrogens is 606 g/mol. The molecule has 0 spiro atoms. The van der Waals surface area contributed by atoms with Crippen molar-refractivity contribution < 1.29 is 33.6 Å². The van der Waals surface area contributed by atoms with Crippen LogP contribution in [0.25, 0.3) is 0 Å². The van der Waals surface area contributed by atoms with Gasteiger partial charge in [0.05, 0.1) is 45.6 Å². The number of methoxy groups -OCH3 is 2. The maximum atomic E-state index is 14.3. The molecule has 17 heteroatoms. The van der Waals surface area contributed by atoms with Gasteiger partial charge in [0, 0.05) is 20.8 Å². The largest absolute Gasteiger partial charge is 0.395 e. The zero-order valence-corrected chi connectivity index (χ0v) is 28.4. The van der Waals surface area contributed by atoms with Gasteiger partial charge in [0.2, 0.25) is 0 Å². The fraction of sp³-hybridized carbons (Fsp3) is 0.828. The molecule has 46 heavy (non-hydrogen) atoms. The first-order chi connectivity index (χ1) is 21.9. The molecular formula is C29H51N7O10. The Balaban J connectivity index is 1.98. The summed E-state index contributed by atoms with van der Waals surface area (Å²) in [5.74, 6) is 0.0772. The third kappa shape index (κ3) is 6.22. The minimum atomic E-state index is -1.20. The van der Waals surface area contributed by atoms with Crippen molar-refractivity contribution in [2.24, 2.45) is 5.92 Å². The van der Waals surface area contributed by atoms with Crippen LogP contribution in [-0.2, 0) is 38.6 Å². The zero-order valence-electron chi connectivity index (χ0n) is 28.4. The summed E-state index contributed by atoms with van der Waals surface area (Å²) in [5, 5.41) is 9.46. The van der Waals surface area contributed by atoms with E-state index in [-0.39, 0.29) is 77.1 Å². The summed E-state index contributed by atoms with van der Waals surface area (Å²) in [4.78, 5) is 73.8. The average Bonchev–Trinajstić information content (AvgIpc) is 3.33. The zero-order chi connectivity index (χ0) is 34.4. The van der Waals surface area contributed by atoms with E-state index in [1.165, 1.54) is 24.0 Å². The van der Waals surface area contributed by atoms with Crippen LogP contribution in [0.15, 0.2) is 14.4 Å². The Labute approximate surface area is 268 Å². The first kappa shape index (κ1) is 37.2. The number of carbonyl (C=O) groups excluding carboxylic acids is 2. The van der Waals surface area contributed by atoms with Crippen molar-refractivity contribution in [2.45, 2.75) is 91.4 Å². The van der Waals surface area contributed by atoms with Crippen LogP contribution in [0.3, 0.4) is 0 Å². The number of urea groups is 2. The normalized spacial score (nSPS) is 21.5. The molecule has 2 aliphatic rings. The molecule has 0 bridgehead atoms. The lowest BCUT2D eigenvalue weighted by Gasteiger charge is -2.49. The molecule has 0 radical (unpaired) electrons. The minimum absolute atomic E-state index is 0.0494. The Morgan fingerprint density at radius 1 is 0.652 bits per heavy atom. The maximum absolute atomic E-state index is 14.3. The molecule has 2 atom stereocenters. The van der Waals surface area contributed by atoms with Crippen molar-refractivity contribution in [3.8, 4) is 0 Å². The quantitative estimate of drug-likeness (QED) is 0.202. The van der Waals surface area contributed by atoms with Crippen LogP contribution in [0, 0.1) is 5.92 Å². The van der Waals surface area contributed by atoms with Gasteiger partial charge in [0.15, 0.2) is 11.3 Å². The first-order valence-electron chi connectivity index (χ1n) is 15.8. The van der Waals surface area contributed by atoms with Crippen LogP contribution in [0.2, 0.25) is 0 Å². The van der Waals surface area contributed by atoms with E-state index in [0.717, 1.165) is 13.7 Å². The molecule has 2 aliphatic heterocycles. The third-order valence-corrected chi connectivity index (χ3v) is 8.56. The van der Waals surface area contributed by atoms with E-state index in [1.54, 1.807) is 9.80 Å². The number of ether oxygens (including phenoxy) is 4. The highest BCUT2D eigenvalue weighted by molar-refractivity contribution is 5.88. The summed E-state index contributed by atoms with van der Waals surface area (Å²) < 4.78 is 25.0. The molecule has 2 fully saturated rings. The predicted octanol–water partition coefficient (Wildman–Crippen LogP) is 0.115. The number of amides is 4. The lowest BCUT2D eigenvalue weighted by Crippen LogP contribution is -2.68. The molecule has 2 saturated heterocycles. The second kappa shape index (κ2) is 15.6. The summed E-state index contributed by atoms with van der Waals surface area (Å²) >= 11 is 0. The smallest absolute Gasteiger partial charge is 0.336 e. The number of rotatable bonds is 19. The Hall–Kier alpha value is -3.25. The predicted molar refractivity (Wildman–Crippen MR) is 166 cm³/mol. The van der Waals surface area contributed by atoms with Crippen molar-refractivity contribution >= 4 is 12.1 Å². The third-order valence-electron chi connectivity index (χ3n) is 8.56. The molecule has 1 aromatic rings. The molecule has 1 aromatic heterocycles. The van der Waals surface area contributed by atoms with Crippen molar-refractivity contribution in [3.63, 3.8) is 0 Å². The molecule has 1 N–H and O–H groups in total. The van der Waals surface area contributed by atoms with Gasteiger partial charge >= 0.3 is 29.1 Å². The van der Waals surface area contributed by atoms with E-state index >= 15 is 0 Å². The van der Waals surface area contributed by atoms with Crippen molar-refractivity contribution in [1.29, 1.82) is 0 Å². The van der Waals surface area contributed by atoms with Crippen LogP contribution < -0.4 is 17.1 Å². The van der Waals surface area contributed by atoms with Crippen molar-refractivity contribution in [2.75, 3.05) is 60.8 Å². The molecule has 2 unspecified atom stereocenters. The van der Waals surface area contributed by atoms with Crippen molar-refractivity contribution in [1.82, 2.24) is 33.3 Å². The van der Waals surface area contributed by atoms with E-state index < -0.39 is 35.0 Å². The Morgan fingerprint density at radius 3 is 1.52 bits per heavy atom. The number of hydrogen-bond donors (Lipinski definition) is 1. The Morgan fingerprint density at radius 2 is 1.09 bits per heavy atom. The van der Waals surface area contributed by atoms with Crippen LogP contribution in [0.1, 0.15) is 54.4 Å². The van der Waals surface area contributed by atoms with Crippen LogP contribution in [0.4, 0.5) is 9.59 Å². The molecule has 0 saturated carbocycles. The highest BCUT2D eigenvalue weighted by atomic mass is 16.5. The highest BCUT2D eigenvalue weighted by Crippen LogP contribution is 2.55. The Bertz CT molecular complexity index is 1390. The number of carbonyl (C=O) groups is 2. The number of fused-ring (bicyclic) bond motifs is 1. The van der Waals surface area contributed by atoms with Crippen LogP contribution in [0.5, 0.6) is 0 Å². The SMILES string of the molecule is CCC12N(COC)C(=O)N(COC)C1(CC)N(CC(C)C)C(=O)N2COCCn1c(=O)n(CCO)c(=O)n(CCOC(C)C)c1=O. The molecule has 4 amide bonds. The fourth-order valence-electron chi connectivity index (χ4n) is 6.80. The van der Waals surface area contributed by atoms with Gasteiger partial charge in [-0.05, 0) is 32.6 Å². The minimum Gasteiger partial charge on any atom is -0.395 e. The van der Waals surface area contributed by atoms with Gasteiger partial charge in [-0.25, -0.2) is 37.7 Å². The summed E-state index contributed by atoms with van der Waals surface area (Å²) in [5.41, 5.74) is -4.87. The Kier molecular flexibility index (Phi) is 12.6. The van der Waals surface area contributed by atoms with Gasteiger partial charge in [-0.1, -0.05) is 27.7 Å². The van der Waals surface area contributed by atoms with E-state index in [0.29, 0.717) is 19.4 Å². The number of hydrogen-bond acceptors (Lipinski definition) is 10. The molecule has 0 aromatic carbocycles. The fourth-order valence-corrected chi connectivity index (χ4v) is 6.80. The van der Waals surface area contributed by atoms with Crippen LogP contribution >= 0.6 is 0 Å². The lowest BCUT2D eigenvalue weighted by atomic mass is 9.86. The maximum Gasteiger partial charge on any atom is 0.336 e. The van der Waals surface area contributed by atoms with Gasteiger partial charge in [-0.15, -0.1) is 0 Å². The number of aliphatic hydroxyl groups excluding tert-OH is 1. The topological polar surface area (TPSA) is 170 Å². The van der Waals surface area contributed by atoms with Gasteiger partial charge in [0.1, 0.15) is 20.2 Å². The van der Waals surface area contributed by atoms with Gasteiger partial charge < -0.3 is 24.1 Å². The monoisotopic (exact) mass is 657 g/mol.